The summed E-state index contributed by atoms with van der Waals surface area (Å²) in [5.74, 6) is 0.133. The van der Waals surface area contributed by atoms with Crippen LogP contribution in [0.15, 0.2) is 24.3 Å². The maximum Gasteiger partial charge on any atom is 0.251 e. The summed E-state index contributed by atoms with van der Waals surface area (Å²) in [6.45, 7) is 8.70. The molecule has 5 nitrogen and oxygen atoms in total. The molecule has 0 aliphatic carbocycles. The van der Waals surface area contributed by atoms with E-state index in [4.69, 9.17) is 4.74 Å². The molecule has 1 atom stereocenters. The van der Waals surface area contributed by atoms with Crippen molar-refractivity contribution in [3.8, 4) is 0 Å². The summed E-state index contributed by atoms with van der Waals surface area (Å²) in [5.41, 5.74) is 1.82. The molecule has 1 unspecified atom stereocenters. The van der Waals surface area contributed by atoms with E-state index in [0.717, 1.165) is 38.4 Å². The van der Waals surface area contributed by atoms with Crippen LogP contribution in [0.2, 0.25) is 0 Å². The van der Waals surface area contributed by atoms with Gasteiger partial charge in [0.05, 0.1) is 19.3 Å². The van der Waals surface area contributed by atoms with Crippen molar-refractivity contribution in [2.24, 2.45) is 5.92 Å². The lowest BCUT2D eigenvalue weighted by atomic mass is 10.0. The van der Waals surface area contributed by atoms with Crippen LogP contribution in [0, 0.1) is 5.92 Å². The van der Waals surface area contributed by atoms with Gasteiger partial charge in [0.25, 0.3) is 5.91 Å². The summed E-state index contributed by atoms with van der Waals surface area (Å²) >= 11 is 0. The minimum Gasteiger partial charge on any atom is -0.393 e. The molecule has 1 saturated heterocycles. The van der Waals surface area contributed by atoms with Crippen LogP contribution in [0.25, 0.3) is 0 Å². The number of ether oxygens (including phenoxy) is 1. The lowest BCUT2D eigenvalue weighted by Gasteiger charge is -2.26. The summed E-state index contributed by atoms with van der Waals surface area (Å²) in [6, 6.07) is 7.75. The second-order valence-corrected chi connectivity index (χ2v) is 6.44. The largest absolute Gasteiger partial charge is 0.393 e. The lowest BCUT2D eigenvalue weighted by Crippen LogP contribution is -2.35. The highest BCUT2D eigenvalue weighted by molar-refractivity contribution is 5.94. The van der Waals surface area contributed by atoms with Crippen LogP contribution in [0.1, 0.15) is 36.2 Å². The third-order valence-electron chi connectivity index (χ3n) is 4.19. The summed E-state index contributed by atoms with van der Waals surface area (Å²) < 4.78 is 5.35. The molecule has 1 aromatic rings. The first-order valence-corrected chi connectivity index (χ1v) is 8.41. The van der Waals surface area contributed by atoms with Crippen LogP contribution < -0.4 is 5.32 Å². The zero-order chi connectivity index (χ0) is 16.7. The minimum absolute atomic E-state index is 0.0789. The number of carbonyl (C=O) groups excluding carboxylic acids is 1. The van der Waals surface area contributed by atoms with E-state index in [1.807, 2.05) is 32.0 Å². The Kier molecular flexibility index (Phi) is 7.02. The van der Waals surface area contributed by atoms with E-state index >= 15 is 0 Å². The number of nitrogens with zero attached hydrogens (tertiary/aromatic N) is 1. The molecule has 0 bridgehead atoms. The second kappa shape index (κ2) is 9.01. The van der Waals surface area contributed by atoms with E-state index < -0.39 is 0 Å². The van der Waals surface area contributed by atoms with Gasteiger partial charge in [0.1, 0.15) is 0 Å². The highest BCUT2D eigenvalue weighted by atomic mass is 16.5. The smallest absolute Gasteiger partial charge is 0.251 e. The van der Waals surface area contributed by atoms with Crippen molar-refractivity contribution in [1.29, 1.82) is 0 Å². The van der Waals surface area contributed by atoms with E-state index in [0.29, 0.717) is 18.5 Å². The van der Waals surface area contributed by atoms with Crippen molar-refractivity contribution in [1.82, 2.24) is 10.2 Å². The van der Waals surface area contributed by atoms with Gasteiger partial charge in [-0.25, -0.2) is 0 Å². The molecule has 0 aromatic heterocycles. The summed E-state index contributed by atoms with van der Waals surface area (Å²) in [4.78, 5) is 14.5. The molecule has 0 radical (unpaired) electrons. The molecule has 2 rings (SSSR count). The normalized spacial score (nSPS) is 17.2. The monoisotopic (exact) mass is 320 g/mol. The van der Waals surface area contributed by atoms with Gasteiger partial charge in [-0.1, -0.05) is 26.0 Å². The molecule has 0 saturated carbocycles. The fraction of sp³-hybridized carbons (Fsp3) is 0.611. The molecule has 2 N–H and O–H groups in total. The van der Waals surface area contributed by atoms with Gasteiger partial charge in [-0.15, -0.1) is 0 Å². The highest BCUT2D eigenvalue weighted by Crippen LogP contribution is 2.10. The Morgan fingerprint density at radius 1 is 1.35 bits per heavy atom. The zero-order valence-electron chi connectivity index (χ0n) is 14.1. The fourth-order valence-electron chi connectivity index (χ4n) is 2.60. The predicted molar refractivity (Wildman–Crippen MR) is 90.3 cm³/mol. The van der Waals surface area contributed by atoms with Crippen LogP contribution >= 0.6 is 0 Å². The molecule has 1 aliphatic heterocycles. The van der Waals surface area contributed by atoms with Crippen LogP contribution in [-0.2, 0) is 11.3 Å². The molecular formula is C18H28N2O3. The third-order valence-corrected chi connectivity index (χ3v) is 4.19. The maximum absolute atomic E-state index is 12.2. The molecule has 1 heterocycles. The number of amides is 1. The number of rotatable bonds is 7. The van der Waals surface area contributed by atoms with E-state index in [-0.39, 0.29) is 17.9 Å². The molecule has 1 aliphatic rings. The maximum atomic E-state index is 12.2. The standard InChI is InChI=1S/C18H28N2O3/c1-14(2)17(21)6-7-19-18(22)16-5-3-4-15(12-16)13-20-8-10-23-11-9-20/h3-5,12,14,17,21H,6-11,13H2,1-2H3,(H,19,22). The van der Waals surface area contributed by atoms with Gasteiger partial charge in [0, 0.05) is 31.7 Å². The average molecular weight is 320 g/mol. The van der Waals surface area contributed by atoms with Gasteiger partial charge in [-0.2, -0.15) is 0 Å². The van der Waals surface area contributed by atoms with Gasteiger partial charge >= 0.3 is 0 Å². The predicted octanol–water partition coefficient (Wildman–Crippen LogP) is 1.66. The molecule has 5 heteroatoms. The minimum atomic E-state index is -0.372. The number of benzene rings is 1. The Balaban J connectivity index is 1.84. The summed E-state index contributed by atoms with van der Waals surface area (Å²) in [6.07, 6.45) is 0.208. The molecular weight excluding hydrogens is 292 g/mol. The lowest BCUT2D eigenvalue weighted by molar-refractivity contribution is 0.0342. The molecule has 128 valence electrons. The first kappa shape index (κ1) is 17.9. The number of hydrogen-bond acceptors (Lipinski definition) is 4. The van der Waals surface area contributed by atoms with Crippen LogP contribution in [0.5, 0.6) is 0 Å². The zero-order valence-corrected chi connectivity index (χ0v) is 14.1. The number of aliphatic hydroxyl groups excluding tert-OH is 1. The average Bonchev–Trinajstić information content (AvgIpc) is 2.55. The van der Waals surface area contributed by atoms with E-state index in [1.165, 1.54) is 0 Å². The Morgan fingerprint density at radius 2 is 2.09 bits per heavy atom. The van der Waals surface area contributed by atoms with Crippen LogP contribution in [0.3, 0.4) is 0 Å². The van der Waals surface area contributed by atoms with E-state index in [1.54, 1.807) is 0 Å². The van der Waals surface area contributed by atoms with Crippen LogP contribution in [0.4, 0.5) is 0 Å². The van der Waals surface area contributed by atoms with E-state index in [9.17, 15) is 9.90 Å². The first-order valence-electron chi connectivity index (χ1n) is 8.41. The van der Waals surface area contributed by atoms with Crippen molar-refractivity contribution in [2.45, 2.75) is 32.9 Å². The Hall–Kier alpha value is -1.43. The molecule has 1 aromatic carbocycles. The van der Waals surface area contributed by atoms with E-state index in [2.05, 4.69) is 16.3 Å². The van der Waals surface area contributed by atoms with Gasteiger partial charge in [-0.05, 0) is 30.0 Å². The van der Waals surface area contributed by atoms with Crippen molar-refractivity contribution < 1.29 is 14.6 Å². The second-order valence-electron chi connectivity index (χ2n) is 6.44. The number of aliphatic hydroxyl groups is 1. The SMILES string of the molecule is CC(C)C(O)CCNC(=O)c1cccc(CN2CCOCC2)c1. The topological polar surface area (TPSA) is 61.8 Å². The highest BCUT2D eigenvalue weighted by Gasteiger charge is 2.13. The van der Waals surface area contributed by atoms with Crippen molar-refractivity contribution in [3.63, 3.8) is 0 Å². The van der Waals surface area contributed by atoms with Crippen LogP contribution in [-0.4, -0.2) is 54.9 Å². The van der Waals surface area contributed by atoms with Crippen molar-refractivity contribution >= 4 is 5.91 Å². The number of hydrogen-bond donors (Lipinski definition) is 2. The number of nitrogens with one attached hydrogen (secondary N) is 1. The Morgan fingerprint density at radius 3 is 2.78 bits per heavy atom. The van der Waals surface area contributed by atoms with Gasteiger partial charge < -0.3 is 15.2 Å². The quantitative estimate of drug-likeness (QED) is 0.802. The Labute approximate surface area is 138 Å². The molecule has 1 amide bonds. The Bertz CT molecular complexity index is 499. The van der Waals surface area contributed by atoms with Crippen molar-refractivity contribution in [3.05, 3.63) is 35.4 Å². The van der Waals surface area contributed by atoms with Gasteiger partial charge in [-0.3, -0.25) is 9.69 Å². The molecule has 1 fully saturated rings. The summed E-state index contributed by atoms with van der Waals surface area (Å²) in [5, 5.41) is 12.7. The van der Waals surface area contributed by atoms with Crippen molar-refractivity contribution in [2.75, 3.05) is 32.8 Å². The van der Waals surface area contributed by atoms with Gasteiger partial charge in [0.15, 0.2) is 0 Å². The van der Waals surface area contributed by atoms with Gasteiger partial charge in [0.2, 0.25) is 0 Å². The molecule has 0 spiro atoms. The third kappa shape index (κ3) is 5.94. The number of carbonyl (C=O) groups is 1. The summed E-state index contributed by atoms with van der Waals surface area (Å²) in [7, 11) is 0. The fourth-order valence-corrected chi connectivity index (χ4v) is 2.60. The number of morpholine rings is 1. The first-order chi connectivity index (χ1) is 11.1. The molecule has 23 heavy (non-hydrogen) atoms.